The molecule has 2 N–H and O–H groups in total. The van der Waals surface area contributed by atoms with Crippen LogP contribution in [-0.4, -0.2) is 25.1 Å². The Kier molecular flexibility index (Phi) is 3.46. The Hall–Kier alpha value is -0.950. The van der Waals surface area contributed by atoms with E-state index in [4.69, 9.17) is 5.73 Å². The monoisotopic (exact) mass is 292 g/mol. The van der Waals surface area contributed by atoms with Crippen molar-refractivity contribution in [3.8, 4) is 0 Å². The lowest BCUT2D eigenvalue weighted by Gasteiger charge is -2.05. The molecular formula is C8H9BrN2O3S. The first-order valence-corrected chi connectivity index (χ1v) is 6.52. The van der Waals surface area contributed by atoms with Gasteiger partial charge in [0.1, 0.15) is 10.3 Å². The number of nitrogens with zero attached hydrogens (tertiary/aromatic N) is 1. The van der Waals surface area contributed by atoms with Gasteiger partial charge in [-0.3, -0.25) is 4.79 Å². The average Bonchev–Trinajstić information content (AvgIpc) is 2.17. The molecule has 0 radical (unpaired) electrons. The molecule has 1 amide bonds. The van der Waals surface area contributed by atoms with E-state index in [1.54, 1.807) is 0 Å². The molecule has 1 heterocycles. The molecule has 0 fully saturated rings. The highest BCUT2D eigenvalue weighted by Crippen LogP contribution is 2.18. The normalized spacial score (nSPS) is 11.3. The molecule has 0 unspecified atom stereocenters. The lowest BCUT2D eigenvalue weighted by atomic mass is 10.3. The van der Waals surface area contributed by atoms with E-state index < -0.39 is 15.7 Å². The number of pyridine rings is 1. The largest absolute Gasteiger partial charge is 0.364 e. The zero-order chi connectivity index (χ0) is 11.6. The molecule has 7 heteroatoms. The Morgan fingerprint density at radius 3 is 2.60 bits per heavy atom. The summed E-state index contributed by atoms with van der Waals surface area (Å²) in [5, 5.41) is 0. The second-order valence-electron chi connectivity index (χ2n) is 2.75. The molecule has 0 bridgehead atoms. The molecule has 1 aromatic heterocycles. The summed E-state index contributed by atoms with van der Waals surface area (Å²) in [5.41, 5.74) is 4.82. The van der Waals surface area contributed by atoms with Gasteiger partial charge in [-0.05, 0) is 28.1 Å². The molecule has 1 rings (SSSR count). The van der Waals surface area contributed by atoms with Crippen LogP contribution in [0.2, 0.25) is 0 Å². The molecule has 0 spiro atoms. The lowest BCUT2D eigenvalue weighted by molar-refractivity contribution is 0.0992. The molecule has 0 atom stereocenters. The van der Waals surface area contributed by atoms with Crippen LogP contribution in [0.3, 0.4) is 0 Å². The number of nitrogens with two attached hydrogens (primary N) is 1. The van der Waals surface area contributed by atoms with Crippen LogP contribution in [0.1, 0.15) is 17.4 Å². The van der Waals surface area contributed by atoms with Crippen molar-refractivity contribution < 1.29 is 13.2 Å². The zero-order valence-electron chi connectivity index (χ0n) is 7.90. The van der Waals surface area contributed by atoms with E-state index in [-0.39, 0.29) is 16.3 Å². The number of primary amides is 1. The second-order valence-corrected chi connectivity index (χ2v) is 5.81. The molecule has 15 heavy (non-hydrogen) atoms. The number of sulfone groups is 1. The molecule has 0 aliphatic rings. The predicted octanol–water partition coefficient (Wildman–Crippen LogP) is 0.737. The maximum atomic E-state index is 11.6. The Balaban J connectivity index is 3.49. The van der Waals surface area contributed by atoms with Crippen LogP contribution in [0.4, 0.5) is 0 Å². The van der Waals surface area contributed by atoms with E-state index in [2.05, 4.69) is 20.9 Å². The number of hydrogen-bond acceptors (Lipinski definition) is 4. The quantitative estimate of drug-likeness (QED) is 0.832. The first-order chi connectivity index (χ1) is 6.88. The maximum absolute atomic E-state index is 11.6. The van der Waals surface area contributed by atoms with Crippen molar-refractivity contribution in [3.63, 3.8) is 0 Å². The Morgan fingerprint density at radius 1 is 1.53 bits per heavy atom. The number of amides is 1. The number of carbonyl (C=O) groups is 1. The van der Waals surface area contributed by atoms with E-state index in [0.717, 1.165) is 0 Å². The molecule has 0 aliphatic carbocycles. The van der Waals surface area contributed by atoms with Gasteiger partial charge in [0.15, 0.2) is 9.84 Å². The maximum Gasteiger partial charge on any atom is 0.268 e. The summed E-state index contributed by atoms with van der Waals surface area (Å²) in [7, 11) is -3.47. The summed E-state index contributed by atoms with van der Waals surface area (Å²) in [6, 6.07) is 2.77. The van der Waals surface area contributed by atoms with Gasteiger partial charge in [0, 0.05) is 0 Å². The minimum Gasteiger partial charge on any atom is -0.364 e. The van der Waals surface area contributed by atoms with E-state index in [1.807, 2.05) is 0 Å². The third-order valence-electron chi connectivity index (χ3n) is 1.77. The summed E-state index contributed by atoms with van der Waals surface area (Å²) < 4.78 is 23.5. The second kappa shape index (κ2) is 4.28. The van der Waals surface area contributed by atoms with E-state index in [9.17, 15) is 13.2 Å². The number of hydrogen-bond donors (Lipinski definition) is 1. The summed E-state index contributed by atoms with van der Waals surface area (Å²) in [6.45, 7) is 1.49. The van der Waals surface area contributed by atoms with E-state index in [1.165, 1.54) is 19.1 Å². The van der Waals surface area contributed by atoms with E-state index in [0.29, 0.717) is 4.60 Å². The molecule has 0 aromatic carbocycles. The van der Waals surface area contributed by atoms with Crippen molar-refractivity contribution in [2.45, 2.75) is 11.8 Å². The van der Waals surface area contributed by atoms with Gasteiger partial charge in [-0.15, -0.1) is 0 Å². The molecule has 0 aliphatic heterocycles. The van der Waals surface area contributed by atoms with E-state index >= 15 is 0 Å². The fraction of sp³-hybridized carbons (Fsp3) is 0.250. The topological polar surface area (TPSA) is 90.1 Å². The van der Waals surface area contributed by atoms with Gasteiger partial charge in [0.05, 0.1) is 10.6 Å². The van der Waals surface area contributed by atoms with Crippen molar-refractivity contribution in [1.29, 1.82) is 0 Å². The molecule has 5 nitrogen and oxygen atoms in total. The van der Waals surface area contributed by atoms with Gasteiger partial charge >= 0.3 is 0 Å². The van der Waals surface area contributed by atoms with Crippen molar-refractivity contribution in [1.82, 2.24) is 4.98 Å². The Bertz CT molecular complexity index is 499. The summed E-state index contributed by atoms with van der Waals surface area (Å²) >= 11 is 3.04. The predicted molar refractivity (Wildman–Crippen MR) is 58.2 cm³/mol. The zero-order valence-corrected chi connectivity index (χ0v) is 10.3. The number of aromatic nitrogens is 1. The minimum absolute atomic E-state index is 0.101. The van der Waals surface area contributed by atoms with Crippen LogP contribution in [0.5, 0.6) is 0 Å². The van der Waals surface area contributed by atoms with Gasteiger partial charge in [0.25, 0.3) is 5.91 Å². The van der Waals surface area contributed by atoms with Gasteiger partial charge in [-0.1, -0.05) is 6.92 Å². The highest BCUT2D eigenvalue weighted by molar-refractivity contribution is 9.10. The van der Waals surface area contributed by atoms with Gasteiger partial charge < -0.3 is 5.73 Å². The van der Waals surface area contributed by atoms with Crippen LogP contribution in [0, 0.1) is 0 Å². The number of halogens is 1. The summed E-state index contributed by atoms with van der Waals surface area (Å²) in [5.74, 6) is -0.959. The summed E-state index contributed by atoms with van der Waals surface area (Å²) in [4.78, 5) is 14.6. The lowest BCUT2D eigenvalue weighted by Crippen LogP contribution is -2.19. The molecule has 1 aromatic rings. The molecule has 0 saturated heterocycles. The smallest absolute Gasteiger partial charge is 0.268 e. The van der Waals surface area contributed by atoms with Crippen LogP contribution in [-0.2, 0) is 9.84 Å². The first-order valence-electron chi connectivity index (χ1n) is 4.07. The molecule has 82 valence electrons. The van der Waals surface area contributed by atoms with Crippen molar-refractivity contribution in [3.05, 3.63) is 22.4 Å². The van der Waals surface area contributed by atoms with Gasteiger partial charge in [-0.2, -0.15) is 0 Å². The minimum atomic E-state index is -3.47. The number of carbonyl (C=O) groups excluding carboxylic acids is 1. The van der Waals surface area contributed by atoms with Crippen LogP contribution in [0.15, 0.2) is 21.6 Å². The van der Waals surface area contributed by atoms with Crippen LogP contribution in [0.25, 0.3) is 0 Å². The van der Waals surface area contributed by atoms with Crippen molar-refractivity contribution >= 4 is 31.7 Å². The van der Waals surface area contributed by atoms with Gasteiger partial charge in [-0.25, -0.2) is 13.4 Å². The summed E-state index contributed by atoms with van der Waals surface area (Å²) in [6.07, 6.45) is 0. The highest BCUT2D eigenvalue weighted by Gasteiger charge is 2.21. The first kappa shape index (κ1) is 12.1. The third kappa shape index (κ3) is 2.54. The standard InChI is InChI=1S/C8H9BrN2O3S/c1-2-15(13,14)5-3-4-6(9)11-7(5)8(10)12/h3-4H,2H2,1H3,(H2,10,12). The van der Waals surface area contributed by atoms with Gasteiger partial charge in [0.2, 0.25) is 0 Å². The van der Waals surface area contributed by atoms with Crippen molar-refractivity contribution in [2.24, 2.45) is 5.73 Å². The van der Waals surface area contributed by atoms with Crippen LogP contribution < -0.4 is 5.73 Å². The van der Waals surface area contributed by atoms with Crippen molar-refractivity contribution in [2.75, 3.05) is 5.75 Å². The average molecular weight is 293 g/mol. The number of rotatable bonds is 3. The highest BCUT2D eigenvalue weighted by atomic mass is 79.9. The fourth-order valence-corrected chi connectivity index (χ4v) is 2.34. The fourth-order valence-electron chi connectivity index (χ4n) is 1.01. The Morgan fingerprint density at radius 2 is 2.13 bits per heavy atom. The third-order valence-corrected chi connectivity index (χ3v) is 3.97. The molecule has 0 saturated carbocycles. The molecular weight excluding hydrogens is 284 g/mol. The SMILES string of the molecule is CCS(=O)(=O)c1ccc(Br)nc1C(N)=O. The van der Waals surface area contributed by atoms with Crippen LogP contribution >= 0.6 is 15.9 Å². The Labute approximate surface area is 95.7 Å².